The Hall–Kier alpha value is -2.44. The first kappa shape index (κ1) is 20.3. The molecule has 0 N–H and O–H groups in total. The van der Waals surface area contributed by atoms with Crippen LogP contribution in [0.4, 0.5) is 5.69 Å². The number of carbonyl (C=O) groups excluding carboxylic acids is 1. The summed E-state index contributed by atoms with van der Waals surface area (Å²) in [5.74, 6) is -0.0639. The van der Waals surface area contributed by atoms with Crippen LogP contribution in [0.25, 0.3) is 6.08 Å². The van der Waals surface area contributed by atoms with Gasteiger partial charge in [-0.3, -0.25) is 9.69 Å². The summed E-state index contributed by atoms with van der Waals surface area (Å²) in [4.78, 5) is 16.4. The van der Waals surface area contributed by atoms with Crippen molar-refractivity contribution in [1.82, 2.24) is 4.90 Å². The van der Waals surface area contributed by atoms with E-state index < -0.39 is 9.84 Å². The minimum absolute atomic E-state index is 0.0639. The van der Waals surface area contributed by atoms with E-state index in [9.17, 15) is 13.2 Å². The van der Waals surface area contributed by atoms with Crippen molar-refractivity contribution in [2.75, 3.05) is 43.9 Å². The van der Waals surface area contributed by atoms with E-state index in [2.05, 4.69) is 34.1 Å². The van der Waals surface area contributed by atoms with Crippen LogP contribution in [0.5, 0.6) is 0 Å². The van der Waals surface area contributed by atoms with Gasteiger partial charge >= 0.3 is 0 Å². The highest BCUT2D eigenvalue weighted by Crippen LogP contribution is 2.28. The fourth-order valence-electron chi connectivity index (χ4n) is 3.37. The molecule has 1 aliphatic rings. The lowest BCUT2D eigenvalue weighted by atomic mass is 10.1. The third-order valence-corrected chi connectivity index (χ3v) is 6.10. The summed E-state index contributed by atoms with van der Waals surface area (Å²) in [7, 11) is -3.36. The van der Waals surface area contributed by atoms with E-state index in [1.807, 2.05) is 18.2 Å². The molecule has 2 aromatic carbocycles. The molecule has 0 aliphatic carbocycles. The van der Waals surface area contributed by atoms with E-state index in [1.165, 1.54) is 18.7 Å². The fourth-order valence-corrected chi connectivity index (χ4v) is 4.25. The Bertz CT molecular complexity index is 961. The minimum Gasteiger partial charge on any atom is -0.368 e. The van der Waals surface area contributed by atoms with Crippen LogP contribution in [-0.2, 0) is 9.84 Å². The highest BCUT2D eigenvalue weighted by Gasteiger charge is 2.23. The van der Waals surface area contributed by atoms with Crippen LogP contribution in [0.2, 0.25) is 0 Å². The van der Waals surface area contributed by atoms with E-state index in [4.69, 9.17) is 0 Å². The van der Waals surface area contributed by atoms with E-state index in [1.54, 1.807) is 18.2 Å². The Balaban J connectivity index is 1.68. The van der Waals surface area contributed by atoms with Gasteiger partial charge in [0.05, 0.1) is 10.6 Å². The minimum atomic E-state index is -3.36. The Morgan fingerprint density at radius 2 is 1.71 bits per heavy atom. The number of nitrogens with zero attached hydrogens (tertiary/aromatic N) is 2. The molecular weight excluding hydrogens is 372 g/mol. The molecule has 0 amide bonds. The zero-order chi connectivity index (χ0) is 20.1. The first-order valence-electron chi connectivity index (χ1n) is 9.38. The highest BCUT2D eigenvalue weighted by atomic mass is 32.2. The first-order chi connectivity index (χ1) is 13.3. The predicted octanol–water partition coefficient (Wildman–Crippen LogP) is 3.13. The molecule has 1 fully saturated rings. The van der Waals surface area contributed by atoms with Crippen LogP contribution in [0.15, 0.2) is 59.5 Å². The zero-order valence-corrected chi connectivity index (χ0v) is 17.2. The number of piperazine rings is 1. The standard InChI is InChI=1S/C22H26N2O3S/c1-18(25)20-10-11-22(28(2,26)27)21(17-20)24-15-13-23(14-16-24)12-6-9-19-7-4-3-5-8-19/h3-11,17H,12-16H2,1-2H3/b9-6+. The summed E-state index contributed by atoms with van der Waals surface area (Å²) in [6.07, 6.45) is 5.48. The lowest BCUT2D eigenvalue weighted by Crippen LogP contribution is -2.46. The Labute approximate surface area is 167 Å². The van der Waals surface area contributed by atoms with Gasteiger partial charge < -0.3 is 4.90 Å². The van der Waals surface area contributed by atoms with Crippen LogP contribution in [0.1, 0.15) is 22.8 Å². The molecule has 0 unspecified atom stereocenters. The van der Waals surface area contributed by atoms with Crippen molar-refractivity contribution in [1.29, 1.82) is 0 Å². The van der Waals surface area contributed by atoms with Crippen LogP contribution in [-0.4, -0.2) is 58.1 Å². The first-order valence-corrected chi connectivity index (χ1v) is 11.3. The molecule has 3 rings (SSSR count). The second kappa shape index (κ2) is 8.71. The van der Waals surface area contributed by atoms with Crippen LogP contribution in [0.3, 0.4) is 0 Å². The van der Waals surface area contributed by atoms with E-state index >= 15 is 0 Å². The number of anilines is 1. The molecule has 148 valence electrons. The molecule has 1 saturated heterocycles. The number of ketones is 1. The third-order valence-electron chi connectivity index (χ3n) is 4.95. The molecule has 2 aromatic rings. The molecule has 0 spiro atoms. The normalized spacial score (nSPS) is 15.9. The van der Waals surface area contributed by atoms with Gasteiger partial charge in [0, 0.05) is 44.5 Å². The molecule has 28 heavy (non-hydrogen) atoms. The van der Waals surface area contributed by atoms with Gasteiger partial charge in [-0.2, -0.15) is 0 Å². The SMILES string of the molecule is CC(=O)c1ccc(S(C)(=O)=O)c(N2CCN(C/C=C/c3ccccc3)CC2)c1. The topological polar surface area (TPSA) is 57.7 Å². The summed E-state index contributed by atoms with van der Waals surface area (Å²) < 4.78 is 24.4. The van der Waals surface area contributed by atoms with Crippen LogP contribution in [0, 0.1) is 0 Å². The monoisotopic (exact) mass is 398 g/mol. The Morgan fingerprint density at radius 3 is 2.32 bits per heavy atom. The zero-order valence-electron chi connectivity index (χ0n) is 16.3. The maximum Gasteiger partial charge on any atom is 0.177 e. The summed E-state index contributed by atoms with van der Waals surface area (Å²) in [6, 6.07) is 15.0. The van der Waals surface area contributed by atoms with Gasteiger partial charge in [0.2, 0.25) is 0 Å². The number of benzene rings is 2. The Kier molecular flexibility index (Phi) is 6.31. The smallest absolute Gasteiger partial charge is 0.177 e. The Morgan fingerprint density at radius 1 is 1.04 bits per heavy atom. The molecular formula is C22H26N2O3S. The average molecular weight is 399 g/mol. The summed E-state index contributed by atoms with van der Waals surface area (Å²) in [5, 5.41) is 0. The number of sulfone groups is 1. The molecule has 0 radical (unpaired) electrons. The van der Waals surface area contributed by atoms with Gasteiger partial charge in [-0.25, -0.2) is 8.42 Å². The summed E-state index contributed by atoms with van der Waals surface area (Å²) >= 11 is 0. The van der Waals surface area contributed by atoms with Crippen molar-refractivity contribution in [2.24, 2.45) is 0 Å². The molecule has 5 nitrogen and oxygen atoms in total. The quantitative estimate of drug-likeness (QED) is 0.700. The fraction of sp³-hybridized carbons (Fsp3) is 0.318. The largest absolute Gasteiger partial charge is 0.368 e. The molecule has 1 aliphatic heterocycles. The van der Waals surface area contributed by atoms with Gasteiger partial charge in [-0.1, -0.05) is 42.5 Å². The lowest BCUT2D eigenvalue weighted by Gasteiger charge is -2.36. The van der Waals surface area contributed by atoms with Crippen molar-refractivity contribution in [3.63, 3.8) is 0 Å². The molecule has 1 heterocycles. The number of Topliss-reactive ketones (excluding diaryl/α,β-unsaturated/α-hetero) is 1. The molecule has 0 aromatic heterocycles. The van der Waals surface area contributed by atoms with Crippen LogP contribution < -0.4 is 4.90 Å². The van der Waals surface area contributed by atoms with Gasteiger partial charge in [0.15, 0.2) is 15.6 Å². The van der Waals surface area contributed by atoms with E-state index in [-0.39, 0.29) is 10.7 Å². The number of carbonyl (C=O) groups is 1. The molecule has 0 bridgehead atoms. The van der Waals surface area contributed by atoms with Crippen molar-refractivity contribution >= 4 is 27.4 Å². The van der Waals surface area contributed by atoms with Crippen molar-refractivity contribution in [3.05, 3.63) is 65.7 Å². The van der Waals surface area contributed by atoms with Gasteiger partial charge in [0.1, 0.15) is 0 Å². The van der Waals surface area contributed by atoms with Crippen molar-refractivity contribution < 1.29 is 13.2 Å². The third kappa shape index (κ3) is 5.09. The van der Waals surface area contributed by atoms with Crippen molar-refractivity contribution in [3.8, 4) is 0 Å². The van der Waals surface area contributed by atoms with Gasteiger partial charge in [-0.15, -0.1) is 0 Å². The molecule has 6 heteroatoms. The lowest BCUT2D eigenvalue weighted by molar-refractivity contribution is 0.101. The summed E-state index contributed by atoms with van der Waals surface area (Å²) in [5.41, 5.74) is 2.35. The van der Waals surface area contributed by atoms with Gasteiger partial charge in [-0.05, 0) is 30.7 Å². The maximum atomic E-state index is 12.2. The predicted molar refractivity (Wildman–Crippen MR) is 114 cm³/mol. The maximum absolute atomic E-state index is 12.2. The molecule has 0 atom stereocenters. The number of hydrogen-bond donors (Lipinski definition) is 0. The molecule has 0 saturated carbocycles. The van der Waals surface area contributed by atoms with E-state index in [0.29, 0.717) is 11.3 Å². The highest BCUT2D eigenvalue weighted by molar-refractivity contribution is 7.90. The summed E-state index contributed by atoms with van der Waals surface area (Å²) in [6.45, 7) is 5.48. The van der Waals surface area contributed by atoms with Gasteiger partial charge in [0.25, 0.3) is 0 Å². The average Bonchev–Trinajstić information content (AvgIpc) is 2.68. The van der Waals surface area contributed by atoms with E-state index in [0.717, 1.165) is 32.7 Å². The second-order valence-electron chi connectivity index (χ2n) is 7.11. The second-order valence-corrected chi connectivity index (χ2v) is 9.10. The number of rotatable bonds is 6. The van der Waals surface area contributed by atoms with Crippen molar-refractivity contribution in [2.45, 2.75) is 11.8 Å². The van der Waals surface area contributed by atoms with Crippen LogP contribution >= 0.6 is 0 Å². The number of hydrogen-bond acceptors (Lipinski definition) is 5.